The number of nitrogens with zero attached hydrogens (tertiary/aromatic N) is 2. The van der Waals surface area contributed by atoms with E-state index in [4.69, 9.17) is 4.52 Å². The van der Waals surface area contributed by atoms with Gasteiger partial charge in [0.25, 0.3) is 11.8 Å². The summed E-state index contributed by atoms with van der Waals surface area (Å²) in [5, 5.41) is 10.3. The number of carbonyl (C=O) groups excluding carboxylic acids is 2. The highest BCUT2D eigenvalue weighted by molar-refractivity contribution is 6.07. The fourth-order valence-corrected chi connectivity index (χ4v) is 4.71. The van der Waals surface area contributed by atoms with Gasteiger partial charge in [-0.15, -0.1) is 0 Å². The lowest BCUT2D eigenvalue weighted by atomic mass is 9.91. The smallest absolute Gasteiger partial charge is 0.322 e. The minimum atomic E-state index is -1.14. The van der Waals surface area contributed by atoms with Crippen molar-refractivity contribution in [3.05, 3.63) is 59.3 Å². The van der Waals surface area contributed by atoms with Gasteiger partial charge in [-0.25, -0.2) is 4.79 Å². The second-order valence-corrected chi connectivity index (χ2v) is 8.59. The van der Waals surface area contributed by atoms with Crippen molar-refractivity contribution in [3.8, 4) is 22.8 Å². The summed E-state index contributed by atoms with van der Waals surface area (Å²) >= 11 is 0. The summed E-state index contributed by atoms with van der Waals surface area (Å²) in [4.78, 5) is 32.1. The number of amides is 3. The van der Waals surface area contributed by atoms with E-state index in [1.54, 1.807) is 19.1 Å². The van der Waals surface area contributed by atoms with Crippen molar-refractivity contribution in [2.24, 2.45) is 0 Å². The minimum absolute atomic E-state index is 0.392. The van der Waals surface area contributed by atoms with Crippen LogP contribution >= 0.6 is 0 Å². The van der Waals surface area contributed by atoms with Crippen molar-refractivity contribution in [3.63, 3.8) is 0 Å². The Balaban J connectivity index is 1.35. The van der Waals surface area contributed by atoms with Crippen molar-refractivity contribution in [1.82, 2.24) is 25.8 Å². The third-order valence-corrected chi connectivity index (χ3v) is 6.51. The summed E-state index contributed by atoms with van der Waals surface area (Å²) in [6.07, 6.45) is 4.62. The maximum atomic E-state index is 12.3. The molecule has 8 nitrogen and oxygen atoms in total. The van der Waals surface area contributed by atoms with Gasteiger partial charge in [0.2, 0.25) is 5.82 Å². The molecule has 0 bridgehead atoms. The number of imide groups is 1. The Bertz CT molecular complexity index is 1400. The third-order valence-electron chi connectivity index (χ3n) is 6.51. The van der Waals surface area contributed by atoms with Gasteiger partial charge in [-0.2, -0.15) is 4.98 Å². The molecule has 1 aliphatic carbocycles. The molecular formula is C24H21N5O3. The molecule has 2 aromatic carbocycles. The average Bonchev–Trinajstić information content (AvgIpc) is 3.50. The quantitative estimate of drug-likeness (QED) is 0.430. The van der Waals surface area contributed by atoms with E-state index in [9.17, 15) is 9.59 Å². The monoisotopic (exact) mass is 427 g/mol. The summed E-state index contributed by atoms with van der Waals surface area (Å²) in [5.74, 6) is 0.471. The molecule has 0 saturated carbocycles. The number of rotatable bonds is 3. The number of hydrogen-bond acceptors (Lipinski definition) is 5. The molecule has 1 fully saturated rings. The van der Waals surface area contributed by atoms with Gasteiger partial charge in [0.15, 0.2) is 0 Å². The fourth-order valence-electron chi connectivity index (χ4n) is 4.71. The summed E-state index contributed by atoms with van der Waals surface area (Å²) in [5.41, 5.74) is 4.94. The predicted octanol–water partition coefficient (Wildman–Crippen LogP) is 3.82. The van der Waals surface area contributed by atoms with Crippen LogP contribution in [0.4, 0.5) is 4.79 Å². The Morgan fingerprint density at radius 1 is 1.03 bits per heavy atom. The van der Waals surface area contributed by atoms with E-state index in [0.717, 1.165) is 23.9 Å². The summed E-state index contributed by atoms with van der Waals surface area (Å²) in [7, 11) is 0. The van der Waals surface area contributed by atoms with Gasteiger partial charge in [-0.3, -0.25) is 10.1 Å². The molecule has 3 N–H and O–H groups in total. The van der Waals surface area contributed by atoms with Crippen LogP contribution in [0, 0.1) is 0 Å². The molecule has 4 aromatic rings. The first-order valence-electron chi connectivity index (χ1n) is 10.7. The van der Waals surface area contributed by atoms with E-state index in [1.807, 2.05) is 18.2 Å². The number of carbonyl (C=O) groups is 2. The molecule has 1 unspecified atom stereocenters. The Morgan fingerprint density at radius 2 is 1.91 bits per heavy atom. The molecule has 2 aliphatic rings. The number of fused-ring (bicyclic) bond motifs is 3. The van der Waals surface area contributed by atoms with Crippen molar-refractivity contribution in [2.45, 2.75) is 38.1 Å². The summed E-state index contributed by atoms with van der Waals surface area (Å²) in [6.45, 7) is 1.67. The maximum Gasteiger partial charge on any atom is 0.322 e. The van der Waals surface area contributed by atoms with Crippen LogP contribution in [-0.4, -0.2) is 27.1 Å². The molecule has 160 valence electrons. The summed E-state index contributed by atoms with van der Waals surface area (Å²) < 4.78 is 5.58. The van der Waals surface area contributed by atoms with Crippen LogP contribution < -0.4 is 10.6 Å². The number of aromatic amines is 1. The highest BCUT2D eigenvalue weighted by Gasteiger charge is 2.43. The van der Waals surface area contributed by atoms with E-state index < -0.39 is 17.5 Å². The van der Waals surface area contributed by atoms with Gasteiger partial charge in [-0.05, 0) is 68.0 Å². The van der Waals surface area contributed by atoms with Crippen molar-refractivity contribution < 1.29 is 14.1 Å². The van der Waals surface area contributed by atoms with Crippen LogP contribution in [0.5, 0.6) is 0 Å². The Hall–Kier alpha value is -3.94. The number of nitrogens with one attached hydrogen (secondary N) is 3. The highest BCUT2D eigenvalue weighted by Crippen LogP contribution is 2.33. The van der Waals surface area contributed by atoms with Crippen molar-refractivity contribution >= 4 is 22.8 Å². The molecule has 0 radical (unpaired) electrons. The van der Waals surface area contributed by atoms with E-state index in [0.29, 0.717) is 22.8 Å². The zero-order valence-corrected chi connectivity index (χ0v) is 17.5. The lowest BCUT2D eigenvalue weighted by molar-refractivity contribution is -0.123. The number of hydrogen-bond donors (Lipinski definition) is 3. The molecule has 3 heterocycles. The lowest BCUT2D eigenvalue weighted by Gasteiger charge is -2.21. The maximum absolute atomic E-state index is 12.3. The normalized spacial score (nSPS) is 20.3. The van der Waals surface area contributed by atoms with Gasteiger partial charge >= 0.3 is 6.03 Å². The van der Waals surface area contributed by atoms with Crippen molar-refractivity contribution in [1.29, 1.82) is 0 Å². The number of H-pyrrole nitrogens is 1. The van der Waals surface area contributed by atoms with Gasteiger partial charge in [0.05, 0.1) is 0 Å². The molecule has 1 saturated heterocycles. The minimum Gasteiger partial charge on any atom is -0.358 e. The zero-order valence-electron chi connectivity index (χ0n) is 17.5. The topological polar surface area (TPSA) is 113 Å². The molecule has 0 spiro atoms. The Kier molecular flexibility index (Phi) is 3.98. The molecule has 1 aliphatic heterocycles. The average molecular weight is 427 g/mol. The van der Waals surface area contributed by atoms with Gasteiger partial charge < -0.3 is 14.8 Å². The van der Waals surface area contributed by atoms with Crippen LogP contribution in [0.2, 0.25) is 0 Å². The Labute approximate surface area is 183 Å². The van der Waals surface area contributed by atoms with Gasteiger partial charge in [-0.1, -0.05) is 23.4 Å². The van der Waals surface area contributed by atoms with E-state index in [-0.39, 0.29) is 0 Å². The van der Waals surface area contributed by atoms with Crippen LogP contribution in [-0.2, 0) is 23.2 Å². The number of benzene rings is 2. The largest absolute Gasteiger partial charge is 0.358 e. The van der Waals surface area contributed by atoms with E-state index in [2.05, 4.69) is 37.9 Å². The zero-order chi connectivity index (χ0) is 21.9. The number of urea groups is 1. The predicted molar refractivity (Wildman–Crippen MR) is 118 cm³/mol. The first-order chi connectivity index (χ1) is 15.5. The van der Waals surface area contributed by atoms with E-state index in [1.165, 1.54) is 29.5 Å². The SMILES string of the molecule is CC1(c2cccc(-c3noc(-c4ccc5[nH]c6c(c5c4)CCCC6)n3)c2)NC(=O)NC1=O. The lowest BCUT2D eigenvalue weighted by Crippen LogP contribution is -2.40. The van der Waals surface area contributed by atoms with Crippen LogP contribution in [0.15, 0.2) is 47.0 Å². The second-order valence-electron chi connectivity index (χ2n) is 8.59. The highest BCUT2D eigenvalue weighted by atomic mass is 16.5. The van der Waals surface area contributed by atoms with Gasteiger partial charge in [0.1, 0.15) is 5.54 Å². The summed E-state index contributed by atoms with van der Waals surface area (Å²) in [6, 6.07) is 12.9. The van der Waals surface area contributed by atoms with Crippen LogP contribution in [0.1, 0.15) is 36.6 Å². The van der Waals surface area contributed by atoms with Gasteiger partial charge in [0, 0.05) is 27.7 Å². The Morgan fingerprint density at radius 3 is 2.75 bits per heavy atom. The van der Waals surface area contributed by atoms with Crippen LogP contribution in [0.25, 0.3) is 33.7 Å². The first kappa shape index (κ1) is 18.8. The molecule has 2 aromatic heterocycles. The number of aryl methyl sites for hydroxylation is 2. The standard InChI is InChI=1S/C24H21N5O3/c1-24(22(30)27-23(31)28-24)15-6-4-5-13(11-15)20-26-21(32-29-20)14-9-10-19-17(12-14)16-7-2-3-8-18(16)25-19/h4-6,9-12,25H,2-3,7-8H2,1H3,(H2,27,28,30,31). The van der Waals surface area contributed by atoms with Crippen LogP contribution in [0.3, 0.4) is 0 Å². The number of aromatic nitrogens is 3. The molecule has 6 rings (SSSR count). The molecule has 32 heavy (non-hydrogen) atoms. The van der Waals surface area contributed by atoms with E-state index >= 15 is 0 Å². The molecule has 1 atom stereocenters. The molecular weight excluding hydrogens is 406 g/mol. The fraction of sp³-hybridized carbons (Fsp3) is 0.250. The first-order valence-corrected chi connectivity index (χ1v) is 10.7. The molecule has 8 heteroatoms. The third kappa shape index (κ3) is 2.83. The van der Waals surface area contributed by atoms with Crippen molar-refractivity contribution in [2.75, 3.05) is 0 Å². The molecule has 3 amide bonds. The second kappa shape index (κ2) is 6.78.